The molecule has 0 radical (unpaired) electrons. The highest BCUT2D eigenvalue weighted by molar-refractivity contribution is 5.96. The molecule has 0 bridgehead atoms. The lowest BCUT2D eigenvalue weighted by molar-refractivity contribution is -0.127. The van der Waals surface area contributed by atoms with Gasteiger partial charge < -0.3 is 10.6 Å². The molecule has 2 amide bonds. The Labute approximate surface area is 138 Å². The highest BCUT2D eigenvalue weighted by Gasteiger charge is 2.21. The Morgan fingerprint density at radius 1 is 1.26 bits per heavy atom. The van der Waals surface area contributed by atoms with E-state index in [-0.39, 0.29) is 11.8 Å². The molecule has 2 rings (SSSR count). The zero-order valence-electron chi connectivity index (χ0n) is 14.6. The van der Waals surface area contributed by atoms with E-state index in [9.17, 15) is 9.59 Å². The minimum absolute atomic E-state index is 0.0301. The third-order valence-electron chi connectivity index (χ3n) is 4.73. The number of hydrogen-bond donors (Lipinski definition) is 2. The second-order valence-electron chi connectivity index (χ2n) is 6.67. The van der Waals surface area contributed by atoms with E-state index in [2.05, 4.69) is 15.7 Å². The van der Waals surface area contributed by atoms with Crippen molar-refractivity contribution in [1.29, 1.82) is 0 Å². The van der Waals surface area contributed by atoms with Gasteiger partial charge in [-0.25, -0.2) is 0 Å². The summed E-state index contributed by atoms with van der Waals surface area (Å²) in [5.41, 5.74) is 1.83. The molecule has 1 fully saturated rings. The van der Waals surface area contributed by atoms with Crippen molar-refractivity contribution in [3.05, 3.63) is 11.3 Å². The molecular formula is C17H28N4O2. The topological polar surface area (TPSA) is 76.0 Å². The lowest BCUT2D eigenvalue weighted by Gasteiger charge is -2.22. The maximum atomic E-state index is 12.3. The molecule has 1 aromatic rings. The summed E-state index contributed by atoms with van der Waals surface area (Å²) in [5.74, 6) is 0.910. The van der Waals surface area contributed by atoms with Gasteiger partial charge in [-0.3, -0.25) is 14.3 Å². The van der Waals surface area contributed by atoms with E-state index in [4.69, 9.17) is 0 Å². The van der Waals surface area contributed by atoms with E-state index in [1.165, 1.54) is 19.3 Å². The molecule has 0 spiro atoms. The SMILES string of the molecule is Cc1nn(C)c(NC(=O)[C@H](C)NC(=O)CC2CCCCC2)c1C. The van der Waals surface area contributed by atoms with Crippen LogP contribution in [0.2, 0.25) is 0 Å². The van der Waals surface area contributed by atoms with Crippen molar-refractivity contribution < 1.29 is 9.59 Å². The number of nitrogens with zero attached hydrogens (tertiary/aromatic N) is 2. The largest absolute Gasteiger partial charge is 0.345 e. The molecule has 1 atom stereocenters. The molecule has 0 aromatic carbocycles. The quantitative estimate of drug-likeness (QED) is 0.875. The highest BCUT2D eigenvalue weighted by Crippen LogP contribution is 2.26. The van der Waals surface area contributed by atoms with Crippen molar-refractivity contribution >= 4 is 17.6 Å². The van der Waals surface area contributed by atoms with Gasteiger partial charge in [-0.2, -0.15) is 5.10 Å². The summed E-state index contributed by atoms with van der Waals surface area (Å²) >= 11 is 0. The first-order valence-electron chi connectivity index (χ1n) is 8.49. The summed E-state index contributed by atoms with van der Waals surface area (Å²) in [5, 5.41) is 9.94. The molecule has 6 nitrogen and oxygen atoms in total. The second-order valence-corrected chi connectivity index (χ2v) is 6.67. The molecule has 1 aromatic heterocycles. The number of hydrogen-bond acceptors (Lipinski definition) is 3. The van der Waals surface area contributed by atoms with Gasteiger partial charge in [0.2, 0.25) is 11.8 Å². The molecule has 0 aliphatic heterocycles. The minimum atomic E-state index is -0.555. The summed E-state index contributed by atoms with van der Waals surface area (Å²) in [6.07, 6.45) is 6.49. The fourth-order valence-corrected chi connectivity index (χ4v) is 3.18. The van der Waals surface area contributed by atoms with Crippen LogP contribution in [0.5, 0.6) is 0 Å². The highest BCUT2D eigenvalue weighted by atomic mass is 16.2. The molecule has 23 heavy (non-hydrogen) atoms. The summed E-state index contributed by atoms with van der Waals surface area (Å²) < 4.78 is 1.65. The lowest BCUT2D eigenvalue weighted by Crippen LogP contribution is -2.42. The number of carbonyl (C=O) groups excluding carboxylic acids is 2. The van der Waals surface area contributed by atoms with Crippen molar-refractivity contribution in [1.82, 2.24) is 15.1 Å². The van der Waals surface area contributed by atoms with Crippen molar-refractivity contribution in [3.8, 4) is 0 Å². The number of rotatable bonds is 5. The number of carbonyl (C=O) groups is 2. The van der Waals surface area contributed by atoms with Gasteiger partial charge >= 0.3 is 0 Å². The predicted molar refractivity (Wildman–Crippen MR) is 90.1 cm³/mol. The number of aromatic nitrogens is 2. The lowest BCUT2D eigenvalue weighted by atomic mass is 9.87. The van der Waals surface area contributed by atoms with Crippen LogP contribution in [0.4, 0.5) is 5.82 Å². The van der Waals surface area contributed by atoms with Crippen LogP contribution in [0, 0.1) is 19.8 Å². The standard InChI is InChI=1S/C17H28N4O2/c1-11-12(2)20-21(4)16(11)19-17(23)13(3)18-15(22)10-14-8-6-5-7-9-14/h13-14H,5-10H2,1-4H3,(H,18,22)(H,19,23)/t13-/m0/s1. The van der Waals surface area contributed by atoms with Gasteiger partial charge in [0.25, 0.3) is 0 Å². The number of amides is 2. The van der Waals surface area contributed by atoms with Gasteiger partial charge in [-0.05, 0) is 39.5 Å². The van der Waals surface area contributed by atoms with E-state index in [1.807, 2.05) is 13.8 Å². The summed E-state index contributed by atoms with van der Waals surface area (Å²) in [4.78, 5) is 24.4. The first kappa shape index (κ1) is 17.5. The van der Waals surface area contributed by atoms with Crippen molar-refractivity contribution in [2.75, 3.05) is 5.32 Å². The van der Waals surface area contributed by atoms with Gasteiger partial charge in [0.05, 0.1) is 5.69 Å². The van der Waals surface area contributed by atoms with E-state index < -0.39 is 6.04 Å². The number of aryl methyl sites for hydroxylation is 2. The van der Waals surface area contributed by atoms with E-state index >= 15 is 0 Å². The van der Waals surface area contributed by atoms with Crippen LogP contribution in [0.15, 0.2) is 0 Å². The van der Waals surface area contributed by atoms with E-state index in [1.54, 1.807) is 18.7 Å². The molecule has 0 unspecified atom stereocenters. The number of anilines is 1. The number of nitrogens with one attached hydrogen (secondary N) is 2. The van der Waals surface area contributed by atoms with Crippen LogP contribution in [-0.2, 0) is 16.6 Å². The normalized spacial score (nSPS) is 16.9. The Hall–Kier alpha value is -1.85. The third-order valence-corrected chi connectivity index (χ3v) is 4.73. The minimum Gasteiger partial charge on any atom is -0.345 e. The molecule has 1 aliphatic rings. The predicted octanol–water partition coefficient (Wildman–Crippen LogP) is 2.45. The molecule has 0 saturated heterocycles. The zero-order chi connectivity index (χ0) is 17.0. The average molecular weight is 320 g/mol. The maximum absolute atomic E-state index is 12.3. The Morgan fingerprint density at radius 3 is 2.48 bits per heavy atom. The summed E-state index contributed by atoms with van der Waals surface area (Å²) in [6, 6.07) is -0.555. The van der Waals surface area contributed by atoms with Crippen LogP contribution < -0.4 is 10.6 Å². The molecular weight excluding hydrogens is 292 g/mol. The van der Waals surface area contributed by atoms with E-state index in [0.29, 0.717) is 18.2 Å². The van der Waals surface area contributed by atoms with Crippen LogP contribution in [0.25, 0.3) is 0 Å². The van der Waals surface area contributed by atoms with Crippen LogP contribution in [0.1, 0.15) is 56.7 Å². The Kier molecular flexibility index (Phi) is 5.80. The van der Waals surface area contributed by atoms with Gasteiger partial charge in [-0.15, -0.1) is 0 Å². The molecule has 6 heteroatoms. The maximum Gasteiger partial charge on any atom is 0.247 e. The van der Waals surface area contributed by atoms with E-state index in [0.717, 1.165) is 24.1 Å². The van der Waals surface area contributed by atoms with Gasteiger partial charge in [0.15, 0.2) is 0 Å². The first-order chi connectivity index (χ1) is 10.9. The third kappa shape index (κ3) is 4.56. The fourth-order valence-electron chi connectivity index (χ4n) is 3.18. The second kappa shape index (κ2) is 7.62. The fraction of sp³-hybridized carbons (Fsp3) is 0.706. The van der Waals surface area contributed by atoms with Gasteiger partial charge in [0, 0.05) is 19.0 Å². The molecule has 2 N–H and O–H groups in total. The van der Waals surface area contributed by atoms with Crippen molar-refractivity contribution in [3.63, 3.8) is 0 Å². The Bertz CT molecular complexity index is 573. The Balaban J connectivity index is 1.85. The molecule has 128 valence electrons. The van der Waals surface area contributed by atoms with Crippen LogP contribution in [-0.4, -0.2) is 27.6 Å². The van der Waals surface area contributed by atoms with Gasteiger partial charge in [0.1, 0.15) is 11.9 Å². The zero-order valence-corrected chi connectivity index (χ0v) is 14.6. The molecule has 1 heterocycles. The average Bonchev–Trinajstić information content (AvgIpc) is 2.74. The Morgan fingerprint density at radius 2 is 1.91 bits per heavy atom. The molecule has 1 saturated carbocycles. The summed E-state index contributed by atoms with van der Waals surface area (Å²) in [6.45, 7) is 5.54. The van der Waals surface area contributed by atoms with Crippen molar-refractivity contribution in [2.24, 2.45) is 13.0 Å². The monoisotopic (exact) mass is 320 g/mol. The molecule has 1 aliphatic carbocycles. The summed E-state index contributed by atoms with van der Waals surface area (Å²) in [7, 11) is 1.79. The first-order valence-corrected chi connectivity index (χ1v) is 8.49. The smallest absolute Gasteiger partial charge is 0.247 e. The van der Waals surface area contributed by atoms with Crippen LogP contribution in [0.3, 0.4) is 0 Å². The van der Waals surface area contributed by atoms with Crippen molar-refractivity contribution in [2.45, 2.75) is 65.3 Å². The van der Waals surface area contributed by atoms with Gasteiger partial charge in [-0.1, -0.05) is 19.3 Å². The van der Waals surface area contributed by atoms with Crippen LogP contribution >= 0.6 is 0 Å².